The summed E-state index contributed by atoms with van der Waals surface area (Å²) in [6.07, 6.45) is 1.06. The third kappa shape index (κ3) is 5.98. The van der Waals surface area contributed by atoms with Crippen LogP contribution in [0.1, 0.15) is 31.7 Å². The fourth-order valence-electron chi connectivity index (χ4n) is 2.49. The number of nitrogens with zero attached hydrogens (tertiary/aromatic N) is 4. The van der Waals surface area contributed by atoms with Gasteiger partial charge in [-0.25, -0.2) is 9.48 Å². The number of amides is 1. The molecule has 1 aromatic heterocycles. The third-order valence-corrected chi connectivity index (χ3v) is 3.72. The van der Waals surface area contributed by atoms with Crippen molar-refractivity contribution in [1.82, 2.24) is 25.5 Å². The number of carbonyl (C=O) groups excluding carboxylic acids is 1. The summed E-state index contributed by atoms with van der Waals surface area (Å²) in [7, 11) is 0. The molecule has 1 amide bonds. The van der Waals surface area contributed by atoms with Crippen LogP contribution < -0.4 is 5.32 Å². The molecule has 0 radical (unpaired) electrons. The molecule has 1 unspecified atom stereocenters. The number of tetrazole rings is 1. The second kappa shape index (κ2) is 8.91. The zero-order valence-corrected chi connectivity index (χ0v) is 14.4. The van der Waals surface area contributed by atoms with Gasteiger partial charge in [0.2, 0.25) is 5.91 Å². The summed E-state index contributed by atoms with van der Waals surface area (Å²) in [5.74, 6) is -0.853. The van der Waals surface area contributed by atoms with Crippen molar-refractivity contribution in [2.45, 2.75) is 45.7 Å². The first kappa shape index (κ1) is 18.6. The number of benzene rings is 1. The van der Waals surface area contributed by atoms with Crippen LogP contribution in [0.5, 0.6) is 0 Å². The molecule has 0 spiro atoms. The second-order valence-electron chi connectivity index (χ2n) is 6.32. The molecule has 0 saturated heterocycles. The third-order valence-electron chi connectivity index (χ3n) is 3.72. The SMILES string of the molecule is CC(C)CC(NC(=O)Cc1nnnn1CCc1ccccc1)C(=O)O. The van der Waals surface area contributed by atoms with Gasteiger partial charge in [-0.15, -0.1) is 5.10 Å². The fourth-order valence-corrected chi connectivity index (χ4v) is 2.49. The number of hydrogen-bond acceptors (Lipinski definition) is 5. The predicted molar refractivity (Wildman–Crippen MR) is 90.7 cm³/mol. The summed E-state index contributed by atoms with van der Waals surface area (Å²) >= 11 is 0. The van der Waals surface area contributed by atoms with Gasteiger partial charge in [0.1, 0.15) is 6.04 Å². The maximum atomic E-state index is 12.1. The molecular weight excluding hydrogens is 322 g/mol. The minimum absolute atomic E-state index is 0.0519. The van der Waals surface area contributed by atoms with Gasteiger partial charge < -0.3 is 10.4 Å². The number of aryl methyl sites for hydroxylation is 2. The number of nitrogens with one attached hydrogen (secondary N) is 1. The first-order valence-corrected chi connectivity index (χ1v) is 8.27. The Labute approximate surface area is 146 Å². The fraction of sp³-hybridized carbons (Fsp3) is 0.471. The lowest BCUT2D eigenvalue weighted by Gasteiger charge is -2.16. The molecule has 2 rings (SSSR count). The van der Waals surface area contributed by atoms with Gasteiger partial charge in [-0.05, 0) is 34.7 Å². The molecule has 0 aliphatic rings. The molecule has 2 N–H and O–H groups in total. The first-order chi connectivity index (χ1) is 12.0. The molecule has 0 fully saturated rings. The van der Waals surface area contributed by atoms with E-state index < -0.39 is 17.9 Å². The van der Waals surface area contributed by atoms with E-state index in [4.69, 9.17) is 0 Å². The van der Waals surface area contributed by atoms with Gasteiger partial charge in [-0.2, -0.15) is 0 Å². The number of carboxylic acid groups (broad SMARTS) is 1. The topological polar surface area (TPSA) is 110 Å². The van der Waals surface area contributed by atoms with Gasteiger partial charge in [0.05, 0.1) is 6.42 Å². The van der Waals surface area contributed by atoms with E-state index in [0.29, 0.717) is 18.8 Å². The molecule has 1 aromatic carbocycles. The van der Waals surface area contributed by atoms with Crippen molar-refractivity contribution >= 4 is 11.9 Å². The number of aliphatic carboxylic acids is 1. The van der Waals surface area contributed by atoms with Crippen LogP contribution in [0.25, 0.3) is 0 Å². The Morgan fingerprint density at radius 1 is 1.24 bits per heavy atom. The van der Waals surface area contributed by atoms with Crippen molar-refractivity contribution in [1.29, 1.82) is 0 Å². The summed E-state index contributed by atoms with van der Waals surface area (Å²) in [5, 5.41) is 23.1. The molecular formula is C17H23N5O3. The monoisotopic (exact) mass is 345 g/mol. The van der Waals surface area contributed by atoms with Gasteiger partial charge >= 0.3 is 5.97 Å². The summed E-state index contributed by atoms with van der Waals surface area (Å²) in [6.45, 7) is 4.37. The summed E-state index contributed by atoms with van der Waals surface area (Å²) in [4.78, 5) is 23.4. The zero-order valence-electron chi connectivity index (χ0n) is 14.4. The Bertz CT molecular complexity index is 699. The molecule has 8 heteroatoms. The van der Waals surface area contributed by atoms with E-state index in [1.807, 2.05) is 44.2 Å². The van der Waals surface area contributed by atoms with E-state index in [0.717, 1.165) is 12.0 Å². The standard InChI is InChI=1S/C17H23N5O3/c1-12(2)10-14(17(24)25)18-16(23)11-15-19-20-21-22(15)9-8-13-6-4-3-5-7-13/h3-7,12,14H,8-11H2,1-2H3,(H,18,23)(H,24,25). The van der Waals surface area contributed by atoms with Crippen LogP contribution in [0.2, 0.25) is 0 Å². The lowest BCUT2D eigenvalue weighted by atomic mass is 10.0. The molecule has 8 nitrogen and oxygen atoms in total. The van der Waals surface area contributed by atoms with Gasteiger partial charge in [-0.3, -0.25) is 4.79 Å². The van der Waals surface area contributed by atoms with E-state index in [2.05, 4.69) is 20.8 Å². The first-order valence-electron chi connectivity index (χ1n) is 8.27. The van der Waals surface area contributed by atoms with E-state index >= 15 is 0 Å². The normalized spacial score (nSPS) is 12.1. The highest BCUT2D eigenvalue weighted by Gasteiger charge is 2.22. The average Bonchev–Trinajstić information content (AvgIpc) is 2.99. The minimum Gasteiger partial charge on any atom is -0.480 e. The van der Waals surface area contributed by atoms with Crippen LogP contribution in [0, 0.1) is 5.92 Å². The Morgan fingerprint density at radius 2 is 1.96 bits per heavy atom. The molecule has 0 saturated carbocycles. The molecule has 134 valence electrons. The number of carboxylic acids is 1. The van der Waals surface area contributed by atoms with Gasteiger partial charge in [0.15, 0.2) is 5.82 Å². The Hall–Kier alpha value is -2.77. The highest BCUT2D eigenvalue weighted by molar-refractivity contribution is 5.84. The Balaban J connectivity index is 1.93. The van der Waals surface area contributed by atoms with Crippen molar-refractivity contribution in [2.75, 3.05) is 0 Å². The quantitative estimate of drug-likeness (QED) is 0.703. The molecule has 25 heavy (non-hydrogen) atoms. The maximum Gasteiger partial charge on any atom is 0.326 e. The summed E-state index contributed by atoms with van der Waals surface area (Å²) in [6, 6.07) is 9.00. The Kier molecular flexibility index (Phi) is 6.62. The van der Waals surface area contributed by atoms with Crippen LogP contribution in [0.3, 0.4) is 0 Å². The largest absolute Gasteiger partial charge is 0.480 e. The lowest BCUT2D eigenvalue weighted by molar-refractivity contribution is -0.142. The second-order valence-corrected chi connectivity index (χ2v) is 6.32. The smallest absolute Gasteiger partial charge is 0.326 e. The van der Waals surface area contributed by atoms with Crippen LogP contribution in [0.15, 0.2) is 30.3 Å². The number of hydrogen-bond donors (Lipinski definition) is 2. The average molecular weight is 345 g/mol. The van der Waals surface area contributed by atoms with Crippen molar-refractivity contribution in [3.05, 3.63) is 41.7 Å². The van der Waals surface area contributed by atoms with Gasteiger partial charge in [-0.1, -0.05) is 44.2 Å². The van der Waals surface area contributed by atoms with E-state index in [1.165, 1.54) is 0 Å². The lowest BCUT2D eigenvalue weighted by Crippen LogP contribution is -2.42. The number of rotatable bonds is 9. The maximum absolute atomic E-state index is 12.1. The van der Waals surface area contributed by atoms with Crippen molar-refractivity contribution in [3.8, 4) is 0 Å². The zero-order chi connectivity index (χ0) is 18.2. The van der Waals surface area contributed by atoms with E-state index in [-0.39, 0.29) is 12.3 Å². The van der Waals surface area contributed by atoms with E-state index in [9.17, 15) is 14.7 Å². The van der Waals surface area contributed by atoms with Crippen LogP contribution in [-0.4, -0.2) is 43.2 Å². The van der Waals surface area contributed by atoms with Gasteiger partial charge in [0, 0.05) is 6.54 Å². The molecule has 1 heterocycles. The van der Waals surface area contributed by atoms with E-state index in [1.54, 1.807) is 4.68 Å². The number of carbonyl (C=O) groups is 2. The molecule has 1 atom stereocenters. The molecule has 0 aliphatic carbocycles. The highest BCUT2D eigenvalue weighted by Crippen LogP contribution is 2.06. The highest BCUT2D eigenvalue weighted by atomic mass is 16.4. The molecule has 0 aliphatic heterocycles. The van der Waals surface area contributed by atoms with Crippen LogP contribution >= 0.6 is 0 Å². The van der Waals surface area contributed by atoms with Crippen LogP contribution in [0.4, 0.5) is 0 Å². The van der Waals surface area contributed by atoms with Gasteiger partial charge in [0.25, 0.3) is 0 Å². The van der Waals surface area contributed by atoms with Crippen LogP contribution in [-0.2, 0) is 29.0 Å². The summed E-state index contributed by atoms with van der Waals surface area (Å²) in [5.41, 5.74) is 1.15. The summed E-state index contributed by atoms with van der Waals surface area (Å²) < 4.78 is 1.57. The molecule has 0 bridgehead atoms. The van der Waals surface area contributed by atoms with Crippen molar-refractivity contribution in [2.24, 2.45) is 5.92 Å². The molecule has 2 aromatic rings. The number of aromatic nitrogens is 4. The predicted octanol–water partition coefficient (Wildman–Crippen LogP) is 1.07. The van der Waals surface area contributed by atoms with Crippen molar-refractivity contribution in [3.63, 3.8) is 0 Å². The van der Waals surface area contributed by atoms with Crippen molar-refractivity contribution < 1.29 is 14.7 Å². The minimum atomic E-state index is -1.04. The Morgan fingerprint density at radius 3 is 2.60 bits per heavy atom.